The van der Waals surface area contributed by atoms with Gasteiger partial charge in [0.2, 0.25) is 10.0 Å². The molecule has 1 atom stereocenters. The number of sulfonamides is 1. The Bertz CT molecular complexity index is 1150. The molecular weight excluding hydrogens is 461 g/mol. The number of hydrogen-bond acceptors (Lipinski definition) is 5. The third-order valence-corrected chi connectivity index (χ3v) is 5.63. The first-order valence-electron chi connectivity index (χ1n) is 8.64. The molecule has 0 aromatic heterocycles. The Kier molecular flexibility index (Phi) is 7.03. The Morgan fingerprint density at radius 1 is 1.16 bits per heavy atom. The van der Waals surface area contributed by atoms with Crippen LogP contribution in [0.3, 0.4) is 0 Å². The summed E-state index contributed by atoms with van der Waals surface area (Å²) < 4.78 is 67.9. The molecule has 12 heteroatoms. The summed E-state index contributed by atoms with van der Waals surface area (Å²) in [5.74, 6) is -2.08. The molecule has 168 valence electrons. The van der Waals surface area contributed by atoms with Crippen LogP contribution in [-0.2, 0) is 25.7 Å². The molecule has 0 saturated carbocycles. The van der Waals surface area contributed by atoms with Crippen molar-refractivity contribution in [1.82, 2.24) is 0 Å². The highest BCUT2D eigenvalue weighted by Gasteiger charge is 2.35. The molecule has 0 bridgehead atoms. The highest BCUT2D eigenvalue weighted by atomic mass is 35.5. The molecule has 0 fully saturated rings. The summed E-state index contributed by atoms with van der Waals surface area (Å²) in [4.78, 5) is 24.4. The van der Waals surface area contributed by atoms with Crippen molar-refractivity contribution in [2.45, 2.75) is 37.9 Å². The van der Waals surface area contributed by atoms with Crippen molar-refractivity contribution in [3.63, 3.8) is 0 Å². The lowest BCUT2D eigenvalue weighted by Crippen LogP contribution is -2.31. The van der Waals surface area contributed by atoms with Gasteiger partial charge in [0, 0.05) is 5.02 Å². The molecule has 0 heterocycles. The number of alkyl halides is 3. The molecule has 31 heavy (non-hydrogen) atoms. The number of carbonyl (C=O) groups excluding carboxylic acids is 2. The second-order valence-electron chi connectivity index (χ2n) is 6.69. The van der Waals surface area contributed by atoms with Gasteiger partial charge in [-0.3, -0.25) is 4.79 Å². The van der Waals surface area contributed by atoms with Crippen LogP contribution in [0.15, 0.2) is 35.2 Å². The molecule has 2 rings (SSSR count). The number of ether oxygens (including phenoxy) is 1. The number of anilines is 1. The SMILES string of the molecule is Cc1cc(C(=O)OC(C)C(=O)Nc2ccc(Cl)cc2C(F)(F)F)cc(S(N)(=O)=O)c1C. The number of carbonyl (C=O) groups is 2. The second-order valence-corrected chi connectivity index (χ2v) is 8.65. The van der Waals surface area contributed by atoms with Gasteiger partial charge in [0.25, 0.3) is 5.91 Å². The number of rotatable bonds is 5. The fraction of sp³-hybridized carbons (Fsp3) is 0.263. The lowest BCUT2D eigenvalue weighted by atomic mass is 10.1. The largest absolute Gasteiger partial charge is 0.449 e. The van der Waals surface area contributed by atoms with Crippen LogP contribution in [0.1, 0.15) is 34.0 Å². The first kappa shape index (κ1) is 24.6. The van der Waals surface area contributed by atoms with Crippen molar-refractivity contribution < 1.29 is 35.9 Å². The van der Waals surface area contributed by atoms with Crippen molar-refractivity contribution in [2.75, 3.05) is 5.32 Å². The predicted octanol–water partition coefficient (Wildman–Crippen LogP) is 3.81. The van der Waals surface area contributed by atoms with E-state index in [9.17, 15) is 31.2 Å². The van der Waals surface area contributed by atoms with E-state index in [1.807, 2.05) is 5.32 Å². The summed E-state index contributed by atoms with van der Waals surface area (Å²) in [5.41, 5.74) is -1.14. The molecule has 1 unspecified atom stereocenters. The topological polar surface area (TPSA) is 116 Å². The predicted molar refractivity (Wildman–Crippen MR) is 107 cm³/mol. The minimum absolute atomic E-state index is 0.176. The zero-order valence-electron chi connectivity index (χ0n) is 16.5. The number of benzene rings is 2. The zero-order chi connectivity index (χ0) is 23.7. The average molecular weight is 479 g/mol. The molecule has 0 spiro atoms. The van der Waals surface area contributed by atoms with E-state index in [-0.39, 0.29) is 15.5 Å². The monoisotopic (exact) mass is 478 g/mol. The van der Waals surface area contributed by atoms with E-state index in [1.165, 1.54) is 13.0 Å². The molecule has 7 nitrogen and oxygen atoms in total. The van der Waals surface area contributed by atoms with E-state index in [4.69, 9.17) is 21.5 Å². The molecule has 0 aliphatic heterocycles. The number of primary sulfonamides is 1. The Labute approximate surface area is 181 Å². The third kappa shape index (κ3) is 5.96. The van der Waals surface area contributed by atoms with Gasteiger partial charge in [0.15, 0.2) is 6.10 Å². The van der Waals surface area contributed by atoms with Crippen molar-refractivity contribution in [1.29, 1.82) is 0 Å². The second kappa shape index (κ2) is 8.85. The maximum atomic E-state index is 13.2. The molecule has 0 aliphatic carbocycles. The number of esters is 1. The Balaban J connectivity index is 2.23. The number of aryl methyl sites for hydroxylation is 1. The van der Waals surface area contributed by atoms with Gasteiger partial charge in [0.05, 0.1) is 21.7 Å². The van der Waals surface area contributed by atoms with Gasteiger partial charge in [0.1, 0.15) is 0 Å². The van der Waals surface area contributed by atoms with Crippen LogP contribution in [-0.4, -0.2) is 26.4 Å². The maximum absolute atomic E-state index is 13.2. The summed E-state index contributed by atoms with van der Waals surface area (Å²) in [6, 6.07) is 5.13. The number of nitrogens with one attached hydrogen (secondary N) is 1. The molecule has 3 N–H and O–H groups in total. The highest BCUT2D eigenvalue weighted by molar-refractivity contribution is 7.89. The Hall–Kier alpha value is -2.63. The van der Waals surface area contributed by atoms with Gasteiger partial charge in [-0.15, -0.1) is 0 Å². The van der Waals surface area contributed by atoms with E-state index in [2.05, 4.69) is 0 Å². The van der Waals surface area contributed by atoms with Crippen molar-refractivity contribution in [3.8, 4) is 0 Å². The molecule has 0 radical (unpaired) electrons. The number of hydrogen-bond donors (Lipinski definition) is 2. The summed E-state index contributed by atoms with van der Waals surface area (Å²) in [5, 5.41) is 7.02. The standard InChI is InChI=1S/C19H18ClF3N2O5S/c1-9-6-12(7-16(10(9)2)31(24,28)29)18(27)30-11(3)17(26)25-15-5-4-13(20)8-14(15)19(21,22)23/h4-8,11H,1-3H3,(H,25,26)(H2,24,28,29). The summed E-state index contributed by atoms with van der Waals surface area (Å²) >= 11 is 5.59. The van der Waals surface area contributed by atoms with Crippen LogP contribution >= 0.6 is 11.6 Å². The van der Waals surface area contributed by atoms with E-state index in [0.29, 0.717) is 17.2 Å². The fourth-order valence-corrected chi connectivity index (χ4v) is 3.67. The Morgan fingerprint density at radius 3 is 2.32 bits per heavy atom. The van der Waals surface area contributed by atoms with Gasteiger partial charge in [-0.25, -0.2) is 18.4 Å². The minimum Gasteiger partial charge on any atom is -0.449 e. The average Bonchev–Trinajstić information content (AvgIpc) is 2.63. The zero-order valence-corrected chi connectivity index (χ0v) is 18.1. The minimum atomic E-state index is -4.78. The van der Waals surface area contributed by atoms with Crippen LogP contribution < -0.4 is 10.5 Å². The summed E-state index contributed by atoms with van der Waals surface area (Å²) in [6.07, 6.45) is -6.28. The van der Waals surface area contributed by atoms with E-state index < -0.39 is 45.4 Å². The number of nitrogens with two attached hydrogens (primary N) is 1. The highest BCUT2D eigenvalue weighted by Crippen LogP contribution is 2.36. The quantitative estimate of drug-likeness (QED) is 0.634. The molecule has 2 aromatic rings. The van der Waals surface area contributed by atoms with Gasteiger partial charge in [-0.2, -0.15) is 13.2 Å². The first-order chi connectivity index (χ1) is 14.1. The van der Waals surface area contributed by atoms with Gasteiger partial charge >= 0.3 is 12.1 Å². The Morgan fingerprint density at radius 2 is 1.77 bits per heavy atom. The van der Waals surface area contributed by atoms with Crippen LogP contribution in [0, 0.1) is 13.8 Å². The fourth-order valence-electron chi connectivity index (χ4n) is 2.62. The molecule has 0 aliphatic rings. The first-order valence-corrected chi connectivity index (χ1v) is 10.6. The van der Waals surface area contributed by atoms with E-state index in [1.54, 1.807) is 6.92 Å². The smallest absolute Gasteiger partial charge is 0.418 e. The molecule has 2 aromatic carbocycles. The lowest BCUT2D eigenvalue weighted by molar-refractivity contribution is -0.137. The van der Waals surface area contributed by atoms with Gasteiger partial charge < -0.3 is 10.1 Å². The number of amides is 1. The molecule has 1 amide bonds. The third-order valence-electron chi connectivity index (χ3n) is 4.36. The summed E-state index contributed by atoms with van der Waals surface area (Å²) in [7, 11) is -4.12. The normalized spacial score (nSPS) is 12.9. The number of halogens is 4. The van der Waals surface area contributed by atoms with E-state index in [0.717, 1.165) is 25.1 Å². The van der Waals surface area contributed by atoms with Crippen LogP contribution in [0.5, 0.6) is 0 Å². The van der Waals surface area contributed by atoms with Crippen LogP contribution in [0.25, 0.3) is 0 Å². The molecule has 0 saturated heterocycles. The van der Waals surface area contributed by atoms with Crippen LogP contribution in [0.2, 0.25) is 5.02 Å². The lowest BCUT2D eigenvalue weighted by Gasteiger charge is -2.17. The van der Waals surface area contributed by atoms with Crippen LogP contribution in [0.4, 0.5) is 18.9 Å². The van der Waals surface area contributed by atoms with Crippen molar-refractivity contribution >= 4 is 39.2 Å². The molecular formula is C19H18ClF3N2O5S. The van der Waals surface area contributed by atoms with Gasteiger partial charge in [-0.05, 0) is 62.2 Å². The van der Waals surface area contributed by atoms with Gasteiger partial charge in [-0.1, -0.05) is 11.6 Å². The van der Waals surface area contributed by atoms with Crippen molar-refractivity contribution in [3.05, 3.63) is 57.6 Å². The van der Waals surface area contributed by atoms with E-state index >= 15 is 0 Å². The summed E-state index contributed by atoms with van der Waals surface area (Å²) in [6.45, 7) is 4.21. The van der Waals surface area contributed by atoms with Crippen molar-refractivity contribution in [2.24, 2.45) is 5.14 Å². The maximum Gasteiger partial charge on any atom is 0.418 e.